The Morgan fingerprint density at radius 2 is 1.72 bits per heavy atom. The number of piperidine rings is 1. The van der Waals surface area contributed by atoms with Crippen LogP contribution >= 0.6 is 22.9 Å². The minimum atomic E-state index is -0.297. The fraction of sp³-hybridized carbons (Fsp3) is 0.386. The Hall–Kier alpha value is -5.56. The quantitative estimate of drug-likeness (QED) is 0.172. The maximum Gasteiger partial charge on any atom is 0.272 e. The van der Waals surface area contributed by atoms with Crippen LogP contribution in [-0.4, -0.2) is 61.8 Å². The average molecular weight is 796 g/mol. The van der Waals surface area contributed by atoms with Crippen LogP contribution < -0.4 is 15.0 Å². The normalized spacial score (nSPS) is 19.6. The molecule has 0 bridgehead atoms. The number of hydrogen-bond acceptors (Lipinski definition) is 10. The second-order valence-corrected chi connectivity index (χ2v) is 17.2. The van der Waals surface area contributed by atoms with Gasteiger partial charge in [-0.05, 0) is 114 Å². The zero-order valence-corrected chi connectivity index (χ0v) is 33.8. The number of halogens is 1. The SMILES string of the molecule is Cc1sc2c(c1C)C(c1ccc(C#CC3CCN(c4ccc(C(=O)NC5CCC(Oc6ccc(C#N)c(Cl)c6)CC5)nn4)CC3)cc1)=NC1(CC1)c1nnc(C)n1-2. The number of nitriles is 1. The fourth-order valence-electron chi connectivity index (χ4n) is 8.14. The molecule has 2 aliphatic heterocycles. The summed E-state index contributed by atoms with van der Waals surface area (Å²) in [5.74, 6) is 10.3. The Labute approximate surface area is 341 Å². The summed E-state index contributed by atoms with van der Waals surface area (Å²) in [5.41, 5.74) is 6.03. The minimum absolute atomic E-state index is 0.0328. The highest BCUT2D eigenvalue weighted by molar-refractivity contribution is 7.15. The lowest BCUT2D eigenvalue weighted by Gasteiger charge is -2.30. The van der Waals surface area contributed by atoms with Gasteiger partial charge in [0.1, 0.15) is 28.2 Å². The number of carbonyl (C=O) groups is 1. The first-order valence-electron chi connectivity index (χ1n) is 19.7. The average Bonchev–Trinajstić information content (AvgIpc) is 3.85. The molecule has 288 valence electrons. The van der Waals surface area contributed by atoms with Crippen molar-refractivity contribution in [3.63, 3.8) is 0 Å². The largest absolute Gasteiger partial charge is 0.490 e. The lowest BCUT2D eigenvalue weighted by Crippen LogP contribution is -2.40. The number of aliphatic imine (C=N–C) groups is 1. The highest BCUT2D eigenvalue weighted by atomic mass is 35.5. The van der Waals surface area contributed by atoms with Gasteiger partial charge in [0.2, 0.25) is 0 Å². The summed E-state index contributed by atoms with van der Waals surface area (Å²) in [6, 6.07) is 19.4. The predicted molar refractivity (Wildman–Crippen MR) is 221 cm³/mol. The van der Waals surface area contributed by atoms with Crippen LogP contribution in [0.3, 0.4) is 0 Å². The molecular formula is C44H42ClN9O2S. The Balaban J connectivity index is 0.772. The molecule has 5 heterocycles. The minimum Gasteiger partial charge on any atom is -0.490 e. The molecule has 1 amide bonds. The van der Waals surface area contributed by atoms with Crippen molar-refractivity contribution in [3.05, 3.63) is 110 Å². The van der Waals surface area contributed by atoms with Gasteiger partial charge >= 0.3 is 0 Å². The van der Waals surface area contributed by atoms with Crippen molar-refractivity contribution in [2.75, 3.05) is 18.0 Å². The number of nitrogens with zero attached hydrogens (tertiary/aromatic N) is 8. The molecular weight excluding hydrogens is 754 g/mol. The van der Waals surface area contributed by atoms with Gasteiger partial charge < -0.3 is 15.0 Å². The molecule has 11 nitrogen and oxygen atoms in total. The Kier molecular flexibility index (Phi) is 9.80. The second-order valence-electron chi connectivity index (χ2n) is 15.6. The first kappa shape index (κ1) is 37.0. The van der Waals surface area contributed by atoms with Crippen LogP contribution in [0.1, 0.15) is 106 Å². The highest BCUT2D eigenvalue weighted by Gasteiger charge is 2.51. The topological polar surface area (TPSA) is 134 Å². The first-order valence-corrected chi connectivity index (χ1v) is 20.9. The Morgan fingerprint density at radius 1 is 0.947 bits per heavy atom. The van der Waals surface area contributed by atoms with Gasteiger partial charge in [-0.3, -0.25) is 14.4 Å². The van der Waals surface area contributed by atoms with E-state index in [0.717, 1.165) is 104 Å². The molecule has 5 aromatic rings. The van der Waals surface area contributed by atoms with E-state index < -0.39 is 0 Å². The number of ether oxygens (including phenoxy) is 1. The van der Waals surface area contributed by atoms with Crippen LogP contribution in [0.25, 0.3) is 5.00 Å². The van der Waals surface area contributed by atoms with E-state index in [2.05, 4.69) is 91.2 Å². The third kappa shape index (κ3) is 7.29. The maximum absolute atomic E-state index is 13.0. The molecule has 9 rings (SSSR count). The van der Waals surface area contributed by atoms with Crippen molar-refractivity contribution in [2.45, 2.75) is 89.8 Å². The monoisotopic (exact) mass is 795 g/mol. The Bertz CT molecular complexity index is 2490. The van der Waals surface area contributed by atoms with E-state index in [9.17, 15) is 4.79 Å². The van der Waals surface area contributed by atoms with Crippen LogP contribution in [0.5, 0.6) is 5.75 Å². The van der Waals surface area contributed by atoms with Gasteiger partial charge in [-0.2, -0.15) is 5.26 Å². The molecule has 3 aromatic heterocycles. The third-order valence-corrected chi connectivity index (χ3v) is 13.3. The van der Waals surface area contributed by atoms with Crippen molar-refractivity contribution in [1.29, 1.82) is 5.26 Å². The van der Waals surface area contributed by atoms with Gasteiger partial charge in [0.15, 0.2) is 17.3 Å². The molecule has 2 saturated carbocycles. The zero-order valence-electron chi connectivity index (χ0n) is 32.2. The second kappa shape index (κ2) is 15.1. The summed E-state index contributed by atoms with van der Waals surface area (Å²) in [5, 5.41) is 31.5. The molecule has 0 radical (unpaired) electrons. The number of hydrogen-bond donors (Lipinski definition) is 1. The smallest absolute Gasteiger partial charge is 0.272 e. The molecule has 2 aliphatic carbocycles. The van der Waals surface area contributed by atoms with Crippen LogP contribution in [0.4, 0.5) is 5.82 Å². The lowest BCUT2D eigenvalue weighted by molar-refractivity contribution is 0.0888. The van der Waals surface area contributed by atoms with Crippen molar-refractivity contribution in [3.8, 4) is 28.7 Å². The number of nitrogens with one attached hydrogen (secondary N) is 1. The highest BCUT2D eigenvalue weighted by Crippen LogP contribution is 2.53. The number of benzene rings is 2. The van der Waals surface area contributed by atoms with E-state index in [4.69, 9.17) is 26.6 Å². The maximum atomic E-state index is 13.0. The van der Waals surface area contributed by atoms with Gasteiger partial charge in [-0.25, -0.2) is 0 Å². The number of anilines is 1. The van der Waals surface area contributed by atoms with Crippen molar-refractivity contribution >= 4 is 40.4 Å². The molecule has 2 aromatic carbocycles. The Morgan fingerprint density at radius 3 is 2.40 bits per heavy atom. The zero-order chi connectivity index (χ0) is 39.3. The number of amides is 1. The van der Waals surface area contributed by atoms with E-state index in [1.54, 1.807) is 35.6 Å². The summed E-state index contributed by atoms with van der Waals surface area (Å²) in [6.07, 6.45) is 7.07. The molecule has 3 fully saturated rings. The predicted octanol–water partition coefficient (Wildman–Crippen LogP) is 7.80. The summed E-state index contributed by atoms with van der Waals surface area (Å²) in [4.78, 5) is 21.9. The van der Waals surface area contributed by atoms with Crippen LogP contribution in [0.15, 0.2) is 59.6 Å². The van der Waals surface area contributed by atoms with Crippen molar-refractivity contribution in [2.24, 2.45) is 10.9 Å². The number of carbonyl (C=O) groups excluding carboxylic acids is 1. The third-order valence-electron chi connectivity index (χ3n) is 11.8. The summed E-state index contributed by atoms with van der Waals surface area (Å²) < 4.78 is 8.33. The van der Waals surface area contributed by atoms with E-state index >= 15 is 0 Å². The van der Waals surface area contributed by atoms with E-state index in [-0.39, 0.29) is 23.6 Å². The van der Waals surface area contributed by atoms with E-state index in [1.807, 2.05) is 13.0 Å². The summed E-state index contributed by atoms with van der Waals surface area (Å²) in [6.45, 7) is 8.06. The molecule has 1 saturated heterocycles. The van der Waals surface area contributed by atoms with E-state index in [0.29, 0.717) is 27.9 Å². The van der Waals surface area contributed by atoms with Crippen LogP contribution in [0, 0.1) is 49.9 Å². The van der Waals surface area contributed by atoms with Crippen molar-refractivity contribution < 1.29 is 9.53 Å². The number of thiophene rings is 1. The molecule has 0 atom stereocenters. The standard InChI is InChI=1S/C44H42ClN9O2S/c1-26-27(2)57-42-39(26)40(48-44(20-21-44)43-52-49-28(3)54(42)43)31-8-6-29(7-9-31)4-5-30-18-22-53(23-19-30)38-17-16-37(50-51-38)41(55)47-33-11-14-34(15-12-33)56-35-13-10-32(25-46)36(45)24-35/h6-10,13,16-17,24,30,33-34H,11-12,14-15,18-23H2,1-3H3,(H,47,55). The number of aromatic nitrogens is 5. The first-order chi connectivity index (χ1) is 27.7. The summed E-state index contributed by atoms with van der Waals surface area (Å²) >= 11 is 7.95. The van der Waals surface area contributed by atoms with Gasteiger partial charge in [0.25, 0.3) is 5.91 Å². The van der Waals surface area contributed by atoms with Gasteiger partial charge in [-0.1, -0.05) is 35.6 Å². The number of rotatable bonds is 6. The number of aryl methyl sites for hydroxylation is 2. The molecule has 0 unspecified atom stereocenters. The molecule has 1 N–H and O–H groups in total. The molecule has 1 spiro atoms. The molecule has 13 heteroatoms. The van der Waals surface area contributed by atoms with Gasteiger partial charge in [0, 0.05) is 52.7 Å². The van der Waals surface area contributed by atoms with Gasteiger partial charge in [0.05, 0.1) is 22.4 Å². The molecule has 4 aliphatic rings. The van der Waals surface area contributed by atoms with Crippen molar-refractivity contribution in [1.82, 2.24) is 30.3 Å². The fourth-order valence-corrected chi connectivity index (χ4v) is 9.56. The van der Waals surface area contributed by atoms with Crippen LogP contribution in [0.2, 0.25) is 5.02 Å². The van der Waals surface area contributed by atoms with Gasteiger partial charge in [-0.15, -0.1) is 31.7 Å². The number of fused-ring (bicyclic) bond motifs is 4. The lowest BCUT2D eigenvalue weighted by atomic mass is 9.93. The molecule has 57 heavy (non-hydrogen) atoms. The summed E-state index contributed by atoms with van der Waals surface area (Å²) in [7, 11) is 0. The van der Waals surface area contributed by atoms with E-state index in [1.165, 1.54) is 16.0 Å². The van der Waals surface area contributed by atoms with Crippen LogP contribution in [-0.2, 0) is 5.54 Å².